The molecule has 8 nitrogen and oxygen atoms in total. The number of thiophene rings is 1. The van der Waals surface area contributed by atoms with Gasteiger partial charge in [0.05, 0.1) is 23.2 Å². The van der Waals surface area contributed by atoms with E-state index in [1.807, 2.05) is 53.9 Å². The molecule has 1 aromatic carbocycles. The smallest absolute Gasteiger partial charge is 0.343 e. The molecule has 5 rings (SSSR count). The van der Waals surface area contributed by atoms with E-state index < -0.39 is 5.97 Å². The molecule has 0 fully saturated rings. The number of nitrogens with zero attached hydrogens (tertiary/aromatic N) is 5. The van der Waals surface area contributed by atoms with E-state index in [2.05, 4.69) is 25.6 Å². The maximum absolute atomic E-state index is 12.5. The predicted octanol–water partition coefficient (Wildman–Crippen LogP) is 4.92. The molecule has 0 amide bonds. The molecule has 31 heavy (non-hydrogen) atoms. The van der Waals surface area contributed by atoms with Crippen LogP contribution in [0, 0.1) is 0 Å². The first-order chi connectivity index (χ1) is 15.2. The molecule has 10 heteroatoms. The van der Waals surface area contributed by atoms with Gasteiger partial charge in [-0.3, -0.25) is 0 Å². The van der Waals surface area contributed by atoms with Gasteiger partial charge in [-0.1, -0.05) is 35.6 Å². The summed E-state index contributed by atoms with van der Waals surface area (Å²) in [4.78, 5) is 18.3. The third-order valence-corrected chi connectivity index (χ3v) is 6.33. The first-order valence-corrected chi connectivity index (χ1v) is 11.2. The van der Waals surface area contributed by atoms with Crippen molar-refractivity contribution in [2.75, 3.05) is 11.9 Å². The van der Waals surface area contributed by atoms with E-state index in [4.69, 9.17) is 4.74 Å². The molecule has 0 aliphatic heterocycles. The lowest BCUT2D eigenvalue weighted by Crippen LogP contribution is -2.10. The quantitative estimate of drug-likeness (QED) is 0.368. The molecule has 1 N–H and O–H groups in total. The summed E-state index contributed by atoms with van der Waals surface area (Å²) in [7, 11) is 0. The first kappa shape index (κ1) is 19.3. The van der Waals surface area contributed by atoms with Crippen molar-refractivity contribution in [3.8, 4) is 15.7 Å². The van der Waals surface area contributed by atoms with Gasteiger partial charge in [-0.2, -0.15) is 9.78 Å². The Hall–Kier alpha value is -3.63. The van der Waals surface area contributed by atoms with Crippen LogP contribution in [0.25, 0.3) is 26.6 Å². The molecular weight excluding hydrogens is 432 g/mol. The van der Waals surface area contributed by atoms with Gasteiger partial charge < -0.3 is 10.1 Å². The molecule has 0 unspecified atom stereocenters. The number of carbonyl (C=O) groups is 1. The van der Waals surface area contributed by atoms with Crippen molar-refractivity contribution in [3.05, 3.63) is 65.7 Å². The van der Waals surface area contributed by atoms with Crippen LogP contribution in [0.1, 0.15) is 17.3 Å². The second-order valence-corrected chi connectivity index (χ2v) is 8.34. The molecule has 5 aromatic rings. The molecule has 154 valence electrons. The van der Waals surface area contributed by atoms with Gasteiger partial charge in [0.1, 0.15) is 5.56 Å². The number of esters is 1. The SMILES string of the molecule is CCOC(=O)c1cnn(-c2ccc3ccccc3n2)c1Nc1nnc(-c2cccs2)s1. The standard InChI is InChI=1S/C21H16N6O2S2/c1-2-29-20(28)14-12-22-27(17-10-9-13-6-3-4-7-15(13)23-17)18(14)24-21-26-25-19(31-21)16-8-5-11-30-16/h3-12H,2H2,1H3,(H,24,26). The fourth-order valence-electron chi connectivity index (χ4n) is 3.05. The Morgan fingerprint density at radius 1 is 1.13 bits per heavy atom. The van der Waals surface area contributed by atoms with Crippen LogP contribution < -0.4 is 5.32 Å². The summed E-state index contributed by atoms with van der Waals surface area (Å²) >= 11 is 2.98. The van der Waals surface area contributed by atoms with Gasteiger partial charge in [0.25, 0.3) is 0 Å². The maximum Gasteiger partial charge on any atom is 0.343 e. The summed E-state index contributed by atoms with van der Waals surface area (Å²) in [5.41, 5.74) is 1.12. The van der Waals surface area contributed by atoms with Crippen LogP contribution in [0.15, 0.2) is 60.1 Å². The Bertz CT molecular complexity index is 1360. The number of nitrogens with one attached hydrogen (secondary N) is 1. The number of fused-ring (bicyclic) bond motifs is 1. The Kier molecular flexibility index (Phi) is 5.14. The molecule has 0 radical (unpaired) electrons. The van der Waals surface area contributed by atoms with Crippen molar-refractivity contribution in [2.24, 2.45) is 0 Å². The number of anilines is 2. The highest BCUT2D eigenvalue weighted by molar-refractivity contribution is 7.22. The van der Waals surface area contributed by atoms with Gasteiger partial charge in [0.2, 0.25) is 5.13 Å². The Balaban J connectivity index is 1.56. The highest BCUT2D eigenvalue weighted by Gasteiger charge is 2.22. The molecule has 0 aliphatic carbocycles. The molecule has 4 heterocycles. The fraction of sp³-hybridized carbons (Fsp3) is 0.0952. The number of aromatic nitrogens is 5. The van der Waals surface area contributed by atoms with Crippen molar-refractivity contribution < 1.29 is 9.53 Å². The summed E-state index contributed by atoms with van der Waals surface area (Å²) in [5.74, 6) is 0.523. The highest BCUT2D eigenvalue weighted by Crippen LogP contribution is 2.32. The van der Waals surface area contributed by atoms with E-state index in [0.717, 1.165) is 20.8 Å². The second kappa shape index (κ2) is 8.25. The normalized spacial score (nSPS) is 11.0. The van der Waals surface area contributed by atoms with E-state index in [1.165, 1.54) is 17.5 Å². The monoisotopic (exact) mass is 448 g/mol. The topological polar surface area (TPSA) is 94.8 Å². The number of pyridine rings is 1. The van der Waals surface area contributed by atoms with Gasteiger partial charge in [0, 0.05) is 5.39 Å². The molecule has 0 aliphatic rings. The summed E-state index contributed by atoms with van der Waals surface area (Å²) in [6, 6.07) is 15.6. The lowest BCUT2D eigenvalue weighted by Gasteiger charge is -2.10. The largest absolute Gasteiger partial charge is 0.462 e. The van der Waals surface area contributed by atoms with Crippen molar-refractivity contribution in [1.29, 1.82) is 0 Å². The summed E-state index contributed by atoms with van der Waals surface area (Å²) in [6.07, 6.45) is 1.47. The molecule has 0 saturated carbocycles. The number of hydrogen-bond donors (Lipinski definition) is 1. The fourth-order valence-corrected chi connectivity index (χ4v) is 4.58. The van der Waals surface area contributed by atoms with Gasteiger partial charge >= 0.3 is 5.97 Å². The minimum Gasteiger partial charge on any atom is -0.462 e. The van der Waals surface area contributed by atoms with Crippen LogP contribution in [0.5, 0.6) is 0 Å². The first-order valence-electron chi connectivity index (χ1n) is 9.48. The molecule has 0 saturated heterocycles. The molecule has 0 spiro atoms. The molecular formula is C21H16N6O2S2. The van der Waals surface area contributed by atoms with Crippen molar-refractivity contribution in [2.45, 2.75) is 6.92 Å². The Morgan fingerprint density at radius 2 is 2.03 bits per heavy atom. The van der Waals surface area contributed by atoms with E-state index in [1.54, 1.807) is 22.9 Å². The van der Waals surface area contributed by atoms with Gasteiger partial charge in [-0.15, -0.1) is 21.5 Å². The van der Waals surface area contributed by atoms with E-state index >= 15 is 0 Å². The zero-order valence-corrected chi connectivity index (χ0v) is 18.0. The second-order valence-electron chi connectivity index (χ2n) is 6.42. The third kappa shape index (κ3) is 3.78. The maximum atomic E-state index is 12.5. The van der Waals surface area contributed by atoms with E-state index in [-0.39, 0.29) is 6.61 Å². The average Bonchev–Trinajstić information content (AvgIpc) is 3.55. The van der Waals surface area contributed by atoms with Gasteiger partial charge in [0.15, 0.2) is 16.6 Å². The zero-order valence-electron chi connectivity index (χ0n) is 16.3. The number of benzene rings is 1. The number of carbonyl (C=O) groups excluding carboxylic acids is 1. The molecule has 4 aromatic heterocycles. The van der Waals surface area contributed by atoms with E-state index in [9.17, 15) is 4.79 Å². The summed E-state index contributed by atoms with van der Waals surface area (Å²) < 4.78 is 6.78. The van der Waals surface area contributed by atoms with Gasteiger partial charge in [-0.05, 0) is 36.6 Å². The lowest BCUT2D eigenvalue weighted by molar-refractivity contribution is 0.0527. The minimum atomic E-state index is -0.472. The van der Waals surface area contributed by atoms with Crippen molar-refractivity contribution in [1.82, 2.24) is 25.0 Å². The van der Waals surface area contributed by atoms with Gasteiger partial charge in [-0.25, -0.2) is 9.78 Å². The van der Waals surface area contributed by atoms with Crippen LogP contribution in [0.3, 0.4) is 0 Å². The van der Waals surface area contributed by atoms with Crippen molar-refractivity contribution >= 4 is 50.5 Å². The molecule has 0 atom stereocenters. The van der Waals surface area contributed by atoms with Crippen LogP contribution in [-0.4, -0.2) is 37.5 Å². The lowest BCUT2D eigenvalue weighted by atomic mass is 10.2. The number of para-hydroxylation sites is 1. The van der Waals surface area contributed by atoms with Crippen LogP contribution in [-0.2, 0) is 4.74 Å². The van der Waals surface area contributed by atoms with Crippen molar-refractivity contribution in [3.63, 3.8) is 0 Å². The molecule has 0 bridgehead atoms. The minimum absolute atomic E-state index is 0.263. The number of hydrogen-bond acceptors (Lipinski definition) is 9. The van der Waals surface area contributed by atoms with Crippen LogP contribution >= 0.6 is 22.7 Å². The summed E-state index contributed by atoms with van der Waals surface area (Å²) in [5, 5.41) is 20.4. The number of rotatable bonds is 6. The average molecular weight is 449 g/mol. The predicted molar refractivity (Wildman–Crippen MR) is 121 cm³/mol. The Morgan fingerprint density at radius 3 is 2.87 bits per heavy atom. The summed E-state index contributed by atoms with van der Waals surface area (Å²) in [6.45, 7) is 2.03. The van der Waals surface area contributed by atoms with Crippen LogP contribution in [0.2, 0.25) is 0 Å². The highest BCUT2D eigenvalue weighted by atomic mass is 32.1. The Labute approximate surface area is 185 Å². The van der Waals surface area contributed by atoms with Crippen LogP contribution in [0.4, 0.5) is 10.9 Å². The zero-order chi connectivity index (χ0) is 21.2. The van der Waals surface area contributed by atoms with E-state index in [0.29, 0.717) is 22.3 Å². The third-order valence-electron chi connectivity index (χ3n) is 4.45. The number of ether oxygens (including phenoxy) is 1.